The van der Waals surface area contributed by atoms with Gasteiger partial charge in [-0.2, -0.15) is 0 Å². The minimum absolute atomic E-state index is 0.327. The van der Waals surface area contributed by atoms with Crippen molar-refractivity contribution in [1.29, 1.82) is 0 Å². The maximum Gasteiger partial charge on any atom is 0.116 e. The molecule has 0 aliphatic carbocycles. The molecule has 12 heavy (non-hydrogen) atoms. The van der Waals surface area contributed by atoms with E-state index in [9.17, 15) is 0 Å². The minimum Gasteiger partial charge on any atom is -0.508 e. The van der Waals surface area contributed by atoms with Gasteiger partial charge in [0.1, 0.15) is 5.75 Å². The molecule has 0 aliphatic heterocycles. The Bertz CT molecular complexity index is 263. The Kier molecular flexibility index (Phi) is 3.39. The van der Waals surface area contributed by atoms with E-state index in [4.69, 9.17) is 5.11 Å². The van der Waals surface area contributed by atoms with E-state index in [2.05, 4.69) is 13.0 Å². The van der Waals surface area contributed by atoms with Crippen LogP contribution < -0.4 is 0 Å². The fraction of sp³-hybridized carbons (Fsp3) is 0.273. The Morgan fingerprint density at radius 3 is 2.92 bits per heavy atom. The van der Waals surface area contributed by atoms with Gasteiger partial charge in [0.15, 0.2) is 0 Å². The van der Waals surface area contributed by atoms with Crippen LogP contribution in [0.2, 0.25) is 0 Å². The number of hydrogen-bond donors (Lipinski definition) is 1. The molecule has 0 spiro atoms. The summed E-state index contributed by atoms with van der Waals surface area (Å²) in [4.78, 5) is 0. The van der Waals surface area contributed by atoms with Crippen LogP contribution in [-0.2, 0) is 0 Å². The lowest BCUT2D eigenvalue weighted by Gasteiger charge is -1.93. The van der Waals surface area contributed by atoms with Crippen molar-refractivity contribution in [3.8, 4) is 5.75 Å². The van der Waals surface area contributed by atoms with Crippen molar-refractivity contribution in [2.24, 2.45) is 0 Å². The highest BCUT2D eigenvalue weighted by atomic mass is 16.3. The Balaban J connectivity index is 2.63. The molecule has 0 fully saturated rings. The van der Waals surface area contributed by atoms with Crippen LogP contribution in [0.4, 0.5) is 0 Å². The Hall–Kier alpha value is -1.24. The lowest BCUT2D eigenvalue weighted by molar-refractivity contribution is 0.475. The summed E-state index contributed by atoms with van der Waals surface area (Å²) in [5, 5.41) is 9.14. The first-order valence-electron chi connectivity index (χ1n) is 4.28. The first-order chi connectivity index (χ1) is 5.83. The maximum absolute atomic E-state index is 9.14. The van der Waals surface area contributed by atoms with Crippen LogP contribution >= 0.6 is 0 Å². The SMILES string of the molecule is CCCC=Cc1cccc(O)c1. The predicted molar refractivity (Wildman–Crippen MR) is 52.0 cm³/mol. The van der Waals surface area contributed by atoms with Crippen molar-refractivity contribution < 1.29 is 5.11 Å². The standard InChI is InChI=1S/C11H14O/c1-2-3-4-6-10-7-5-8-11(12)9-10/h4-9,12H,2-3H2,1H3. The Morgan fingerprint density at radius 1 is 1.42 bits per heavy atom. The summed E-state index contributed by atoms with van der Waals surface area (Å²) in [6, 6.07) is 7.26. The number of phenols is 1. The lowest BCUT2D eigenvalue weighted by Crippen LogP contribution is -1.70. The monoisotopic (exact) mass is 162 g/mol. The summed E-state index contributed by atoms with van der Waals surface area (Å²) in [5.41, 5.74) is 1.06. The van der Waals surface area contributed by atoms with Gasteiger partial charge >= 0.3 is 0 Å². The van der Waals surface area contributed by atoms with E-state index in [1.807, 2.05) is 18.2 Å². The van der Waals surface area contributed by atoms with Crippen LogP contribution in [0, 0.1) is 0 Å². The van der Waals surface area contributed by atoms with Crippen molar-refractivity contribution in [3.05, 3.63) is 35.9 Å². The van der Waals surface area contributed by atoms with Crippen LogP contribution in [0.15, 0.2) is 30.3 Å². The topological polar surface area (TPSA) is 20.2 Å². The Labute approximate surface area is 73.4 Å². The molecule has 0 amide bonds. The number of benzene rings is 1. The van der Waals surface area contributed by atoms with Gasteiger partial charge in [0.05, 0.1) is 0 Å². The molecule has 0 heterocycles. The molecule has 0 saturated carbocycles. The molecule has 0 aromatic heterocycles. The summed E-state index contributed by atoms with van der Waals surface area (Å²) < 4.78 is 0. The number of phenolic OH excluding ortho intramolecular Hbond substituents is 1. The van der Waals surface area contributed by atoms with Gasteiger partial charge < -0.3 is 5.11 Å². The highest BCUT2D eigenvalue weighted by Gasteiger charge is 1.87. The average molecular weight is 162 g/mol. The zero-order valence-corrected chi connectivity index (χ0v) is 7.33. The zero-order chi connectivity index (χ0) is 8.81. The van der Waals surface area contributed by atoms with E-state index in [0.717, 1.165) is 18.4 Å². The lowest BCUT2D eigenvalue weighted by atomic mass is 10.2. The summed E-state index contributed by atoms with van der Waals surface area (Å²) in [5.74, 6) is 0.327. The van der Waals surface area contributed by atoms with Crippen LogP contribution in [0.5, 0.6) is 5.75 Å². The predicted octanol–water partition coefficient (Wildman–Crippen LogP) is 3.21. The summed E-state index contributed by atoms with van der Waals surface area (Å²) in [7, 11) is 0. The van der Waals surface area contributed by atoms with Crippen molar-refractivity contribution in [2.75, 3.05) is 0 Å². The van der Waals surface area contributed by atoms with E-state index in [0.29, 0.717) is 5.75 Å². The first kappa shape index (κ1) is 8.85. The highest BCUT2D eigenvalue weighted by molar-refractivity contribution is 5.51. The second kappa shape index (κ2) is 4.60. The van der Waals surface area contributed by atoms with Crippen molar-refractivity contribution in [2.45, 2.75) is 19.8 Å². The number of unbranched alkanes of at least 4 members (excludes halogenated alkanes) is 1. The third-order valence-corrected chi connectivity index (χ3v) is 1.64. The van der Waals surface area contributed by atoms with Crippen molar-refractivity contribution in [3.63, 3.8) is 0 Å². The van der Waals surface area contributed by atoms with Crippen LogP contribution in [0.1, 0.15) is 25.3 Å². The molecule has 1 aromatic carbocycles. The maximum atomic E-state index is 9.14. The van der Waals surface area contributed by atoms with E-state index in [-0.39, 0.29) is 0 Å². The molecule has 64 valence electrons. The van der Waals surface area contributed by atoms with Gasteiger partial charge in [-0.15, -0.1) is 0 Å². The number of rotatable bonds is 3. The molecule has 0 aliphatic rings. The molecule has 0 saturated heterocycles. The van der Waals surface area contributed by atoms with Gasteiger partial charge in [0, 0.05) is 0 Å². The number of hydrogen-bond acceptors (Lipinski definition) is 1. The quantitative estimate of drug-likeness (QED) is 0.723. The molecular weight excluding hydrogens is 148 g/mol. The van der Waals surface area contributed by atoms with Crippen molar-refractivity contribution in [1.82, 2.24) is 0 Å². The molecule has 1 N–H and O–H groups in total. The number of allylic oxidation sites excluding steroid dienone is 1. The fourth-order valence-corrected chi connectivity index (χ4v) is 1.01. The average Bonchev–Trinajstić information content (AvgIpc) is 2.05. The molecule has 0 unspecified atom stereocenters. The second-order valence-electron chi connectivity index (χ2n) is 2.79. The molecule has 0 atom stereocenters. The highest BCUT2D eigenvalue weighted by Crippen LogP contribution is 2.12. The molecule has 0 radical (unpaired) electrons. The second-order valence-corrected chi connectivity index (χ2v) is 2.79. The van der Waals surface area contributed by atoms with Gasteiger partial charge in [0.25, 0.3) is 0 Å². The summed E-state index contributed by atoms with van der Waals surface area (Å²) >= 11 is 0. The third kappa shape index (κ3) is 2.79. The van der Waals surface area contributed by atoms with Gasteiger partial charge in [0.2, 0.25) is 0 Å². The minimum atomic E-state index is 0.327. The smallest absolute Gasteiger partial charge is 0.116 e. The fourth-order valence-electron chi connectivity index (χ4n) is 1.01. The third-order valence-electron chi connectivity index (χ3n) is 1.64. The number of aromatic hydroxyl groups is 1. The molecule has 1 aromatic rings. The van der Waals surface area contributed by atoms with Crippen LogP contribution in [0.3, 0.4) is 0 Å². The molecule has 1 heteroatoms. The normalized spacial score (nSPS) is 10.8. The zero-order valence-electron chi connectivity index (χ0n) is 7.33. The van der Waals surface area contributed by atoms with E-state index < -0.39 is 0 Å². The molecular formula is C11H14O. The summed E-state index contributed by atoms with van der Waals surface area (Å²) in [6.07, 6.45) is 6.41. The van der Waals surface area contributed by atoms with Crippen LogP contribution in [0.25, 0.3) is 6.08 Å². The van der Waals surface area contributed by atoms with E-state index in [1.54, 1.807) is 12.1 Å². The largest absolute Gasteiger partial charge is 0.508 e. The van der Waals surface area contributed by atoms with Gasteiger partial charge in [-0.05, 0) is 24.1 Å². The molecule has 1 rings (SSSR count). The van der Waals surface area contributed by atoms with Gasteiger partial charge in [-0.1, -0.05) is 37.6 Å². The molecule has 1 nitrogen and oxygen atoms in total. The summed E-state index contributed by atoms with van der Waals surface area (Å²) in [6.45, 7) is 2.15. The van der Waals surface area contributed by atoms with Crippen molar-refractivity contribution >= 4 is 6.08 Å². The molecule has 0 bridgehead atoms. The van der Waals surface area contributed by atoms with E-state index in [1.165, 1.54) is 0 Å². The van der Waals surface area contributed by atoms with Crippen LogP contribution in [-0.4, -0.2) is 5.11 Å². The van der Waals surface area contributed by atoms with E-state index >= 15 is 0 Å². The van der Waals surface area contributed by atoms with Gasteiger partial charge in [-0.25, -0.2) is 0 Å². The first-order valence-corrected chi connectivity index (χ1v) is 4.28. The Morgan fingerprint density at radius 2 is 2.25 bits per heavy atom. The van der Waals surface area contributed by atoms with Gasteiger partial charge in [-0.3, -0.25) is 0 Å².